The van der Waals surface area contributed by atoms with Crippen LogP contribution in [0.4, 0.5) is 5.69 Å². The van der Waals surface area contributed by atoms with Crippen molar-refractivity contribution >= 4 is 5.69 Å². The van der Waals surface area contributed by atoms with Gasteiger partial charge < -0.3 is 10.2 Å². The van der Waals surface area contributed by atoms with E-state index in [2.05, 4.69) is 47.9 Å². The molecular weight excluding hydrogens is 212 g/mol. The summed E-state index contributed by atoms with van der Waals surface area (Å²) in [5, 5.41) is 3.37. The van der Waals surface area contributed by atoms with Crippen molar-refractivity contribution in [2.75, 3.05) is 31.1 Å². The Balaban J connectivity index is 2.33. The van der Waals surface area contributed by atoms with Gasteiger partial charge in [-0.1, -0.05) is 13.8 Å². The maximum atomic E-state index is 4.64. The molecule has 2 heterocycles. The fraction of sp³-hybridized carbons (Fsp3) is 0.692. The lowest BCUT2D eigenvalue weighted by atomic mass is 10.1. The van der Waals surface area contributed by atoms with Gasteiger partial charge in [0.15, 0.2) is 0 Å². The van der Waals surface area contributed by atoms with Gasteiger partial charge in [-0.25, -0.2) is 9.97 Å². The molecule has 0 bridgehead atoms. The number of aromatic nitrogens is 2. The molecule has 1 aliphatic rings. The summed E-state index contributed by atoms with van der Waals surface area (Å²) in [6, 6.07) is 0. The highest BCUT2D eigenvalue weighted by Gasteiger charge is 2.18. The second-order valence-electron chi connectivity index (χ2n) is 4.99. The summed E-state index contributed by atoms with van der Waals surface area (Å²) in [5.41, 5.74) is 3.46. The standard InChI is InChI=1S/C13H22N4/c1-9(2)13-15-10(3)12(11(4)16-13)17-7-5-14-6-8-17/h9,14H,5-8H2,1-4H3. The van der Waals surface area contributed by atoms with E-state index in [9.17, 15) is 0 Å². The SMILES string of the molecule is Cc1nc(C(C)C)nc(C)c1N1CCNCC1. The van der Waals surface area contributed by atoms with Crippen molar-refractivity contribution in [3.05, 3.63) is 17.2 Å². The first-order valence-corrected chi connectivity index (χ1v) is 6.40. The zero-order chi connectivity index (χ0) is 12.4. The molecule has 0 radical (unpaired) electrons. The average Bonchev–Trinajstić information content (AvgIpc) is 2.29. The van der Waals surface area contributed by atoms with Gasteiger partial charge in [-0.05, 0) is 13.8 Å². The molecule has 0 aliphatic carbocycles. The van der Waals surface area contributed by atoms with Crippen molar-refractivity contribution in [1.29, 1.82) is 0 Å². The van der Waals surface area contributed by atoms with Crippen molar-refractivity contribution in [3.8, 4) is 0 Å². The van der Waals surface area contributed by atoms with Crippen LogP contribution in [0.1, 0.15) is 37.0 Å². The van der Waals surface area contributed by atoms with Crippen molar-refractivity contribution < 1.29 is 0 Å². The highest BCUT2D eigenvalue weighted by molar-refractivity contribution is 5.54. The van der Waals surface area contributed by atoms with Crippen LogP contribution in [-0.4, -0.2) is 36.1 Å². The third-order valence-electron chi connectivity index (χ3n) is 3.20. The Bertz CT molecular complexity index is 371. The lowest BCUT2D eigenvalue weighted by Crippen LogP contribution is -2.44. The first kappa shape index (κ1) is 12.3. The van der Waals surface area contributed by atoms with Crippen LogP contribution >= 0.6 is 0 Å². The first-order chi connectivity index (χ1) is 8.09. The molecule has 0 atom stereocenters. The summed E-state index contributed by atoms with van der Waals surface area (Å²) in [4.78, 5) is 11.7. The molecule has 1 aliphatic heterocycles. The van der Waals surface area contributed by atoms with E-state index < -0.39 is 0 Å². The van der Waals surface area contributed by atoms with Crippen LogP contribution in [0.15, 0.2) is 0 Å². The molecule has 4 heteroatoms. The highest BCUT2D eigenvalue weighted by Crippen LogP contribution is 2.24. The van der Waals surface area contributed by atoms with E-state index >= 15 is 0 Å². The van der Waals surface area contributed by atoms with E-state index in [1.165, 1.54) is 5.69 Å². The predicted octanol–water partition coefficient (Wildman–Crippen LogP) is 1.63. The largest absolute Gasteiger partial charge is 0.366 e. The molecule has 1 aromatic heterocycles. The van der Waals surface area contributed by atoms with Crippen molar-refractivity contribution in [2.45, 2.75) is 33.6 Å². The van der Waals surface area contributed by atoms with Crippen LogP contribution in [-0.2, 0) is 0 Å². The third-order valence-corrected chi connectivity index (χ3v) is 3.20. The van der Waals surface area contributed by atoms with Gasteiger partial charge in [-0.3, -0.25) is 0 Å². The Morgan fingerprint density at radius 3 is 2.06 bits per heavy atom. The van der Waals surface area contributed by atoms with Gasteiger partial charge >= 0.3 is 0 Å². The van der Waals surface area contributed by atoms with E-state index in [0.29, 0.717) is 5.92 Å². The van der Waals surface area contributed by atoms with Gasteiger partial charge in [0, 0.05) is 32.1 Å². The molecular formula is C13H22N4. The number of hydrogen-bond donors (Lipinski definition) is 1. The first-order valence-electron chi connectivity index (χ1n) is 6.40. The molecule has 17 heavy (non-hydrogen) atoms. The van der Waals surface area contributed by atoms with Crippen LogP contribution in [0.5, 0.6) is 0 Å². The molecule has 4 nitrogen and oxygen atoms in total. The molecule has 0 amide bonds. The number of rotatable bonds is 2. The molecule has 0 unspecified atom stereocenters. The van der Waals surface area contributed by atoms with Crippen LogP contribution in [0.3, 0.4) is 0 Å². The topological polar surface area (TPSA) is 41.1 Å². The maximum absolute atomic E-state index is 4.64. The normalized spacial score (nSPS) is 16.6. The van der Waals surface area contributed by atoms with E-state index in [1.54, 1.807) is 0 Å². The molecule has 0 saturated carbocycles. The Morgan fingerprint density at radius 1 is 1.06 bits per heavy atom. The van der Waals surface area contributed by atoms with Gasteiger partial charge in [-0.2, -0.15) is 0 Å². The quantitative estimate of drug-likeness (QED) is 0.844. The van der Waals surface area contributed by atoms with E-state index in [4.69, 9.17) is 0 Å². The van der Waals surface area contributed by atoms with Gasteiger partial charge in [-0.15, -0.1) is 0 Å². The Kier molecular flexibility index (Phi) is 3.62. The zero-order valence-corrected chi connectivity index (χ0v) is 11.2. The maximum Gasteiger partial charge on any atom is 0.131 e. The summed E-state index contributed by atoms with van der Waals surface area (Å²) < 4.78 is 0. The smallest absolute Gasteiger partial charge is 0.131 e. The van der Waals surface area contributed by atoms with Gasteiger partial charge in [0.1, 0.15) is 5.82 Å². The number of aryl methyl sites for hydroxylation is 2. The minimum atomic E-state index is 0.393. The molecule has 1 saturated heterocycles. The fourth-order valence-corrected chi connectivity index (χ4v) is 2.34. The lowest BCUT2D eigenvalue weighted by Gasteiger charge is -2.31. The van der Waals surface area contributed by atoms with Crippen LogP contribution in [0, 0.1) is 13.8 Å². The Hall–Kier alpha value is -1.16. The summed E-state index contributed by atoms with van der Waals surface area (Å²) in [6.07, 6.45) is 0. The van der Waals surface area contributed by atoms with Gasteiger partial charge in [0.05, 0.1) is 17.1 Å². The number of hydrogen-bond acceptors (Lipinski definition) is 4. The molecule has 1 fully saturated rings. The predicted molar refractivity (Wildman–Crippen MR) is 70.7 cm³/mol. The summed E-state index contributed by atoms with van der Waals surface area (Å²) >= 11 is 0. The van der Waals surface area contributed by atoms with Gasteiger partial charge in [0.2, 0.25) is 0 Å². The summed E-state index contributed by atoms with van der Waals surface area (Å²) in [7, 11) is 0. The van der Waals surface area contributed by atoms with E-state index in [-0.39, 0.29) is 0 Å². The Labute approximate surface area is 103 Å². The average molecular weight is 234 g/mol. The molecule has 2 rings (SSSR count). The third kappa shape index (κ3) is 2.57. The summed E-state index contributed by atoms with van der Waals surface area (Å²) in [6.45, 7) is 12.7. The highest BCUT2D eigenvalue weighted by atomic mass is 15.2. The van der Waals surface area contributed by atoms with Crippen LogP contribution < -0.4 is 10.2 Å². The number of nitrogens with one attached hydrogen (secondary N) is 1. The molecule has 0 spiro atoms. The van der Waals surface area contributed by atoms with Crippen LogP contribution in [0.25, 0.3) is 0 Å². The monoisotopic (exact) mass is 234 g/mol. The van der Waals surface area contributed by atoms with Crippen molar-refractivity contribution in [2.24, 2.45) is 0 Å². The molecule has 1 aromatic rings. The number of nitrogens with zero attached hydrogens (tertiary/aromatic N) is 3. The summed E-state index contributed by atoms with van der Waals surface area (Å²) in [5.74, 6) is 1.35. The zero-order valence-electron chi connectivity index (χ0n) is 11.2. The van der Waals surface area contributed by atoms with E-state index in [0.717, 1.165) is 43.4 Å². The van der Waals surface area contributed by atoms with Crippen LogP contribution in [0.2, 0.25) is 0 Å². The molecule has 0 aromatic carbocycles. The second kappa shape index (κ2) is 5.00. The molecule has 94 valence electrons. The molecule has 1 N–H and O–H groups in total. The number of anilines is 1. The minimum Gasteiger partial charge on any atom is -0.366 e. The Morgan fingerprint density at radius 2 is 1.59 bits per heavy atom. The minimum absolute atomic E-state index is 0.393. The van der Waals surface area contributed by atoms with E-state index in [1.807, 2.05) is 0 Å². The van der Waals surface area contributed by atoms with Crippen molar-refractivity contribution in [1.82, 2.24) is 15.3 Å². The fourth-order valence-electron chi connectivity index (χ4n) is 2.34. The second-order valence-corrected chi connectivity index (χ2v) is 4.99. The van der Waals surface area contributed by atoms with Crippen molar-refractivity contribution in [3.63, 3.8) is 0 Å². The number of piperazine rings is 1. The lowest BCUT2D eigenvalue weighted by molar-refractivity contribution is 0.584. The van der Waals surface area contributed by atoms with Gasteiger partial charge in [0.25, 0.3) is 0 Å².